The van der Waals surface area contributed by atoms with Crippen molar-refractivity contribution in [3.05, 3.63) is 37.4 Å². The number of rotatable bonds is 0. The van der Waals surface area contributed by atoms with Crippen LogP contribution in [-0.4, -0.2) is 19.9 Å². The first-order valence-corrected chi connectivity index (χ1v) is 6.31. The average Bonchev–Trinajstić information content (AvgIpc) is 2.84. The maximum absolute atomic E-state index is 10.9. The molecule has 0 aromatic carbocycles. The van der Waals surface area contributed by atoms with Crippen molar-refractivity contribution in [2.75, 3.05) is 0 Å². The number of aromatic nitrogens is 4. The van der Waals surface area contributed by atoms with Crippen LogP contribution in [0.3, 0.4) is 0 Å². The van der Waals surface area contributed by atoms with Gasteiger partial charge in [0.05, 0.1) is 5.54 Å². The summed E-state index contributed by atoms with van der Waals surface area (Å²) in [5.74, 6) is -0.632. The first-order chi connectivity index (χ1) is 9.41. The van der Waals surface area contributed by atoms with Crippen LogP contribution in [-0.2, 0) is 11.0 Å². The summed E-state index contributed by atoms with van der Waals surface area (Å²) >= 11 is 0. The zero-order valence-electron chi connectivity index (χ0n) is 12.9. The van der Waals surface area contributed by atoms with Crippen molar-refractivity contribution in [1.29, 1.82) is 0 Å². The quantitative estimate of drug-likeness (QED) is 0.751. The van der Waals surface area contributed by atoms with Gasteiger partial charge in [-0.2, -0.15) is 0 Å². The van der Waals surface area contributed by atoms with Gasteiger partial charge in [-0.25, -0.2) is 19.4 Å². The van der Waals surface area contributed by atoms with Gasteiger partial charge in [0.2, 0.25) is 0 Å². The Hall–Kier alpha value is -2.32. The highest BCUT2D eigenvalue weighted by Gasteiger charge is 2.19. The third-order valence-corrected chi connectivity index (χ3v) is 2.33. The molecule has 126 valence electrons. The van der Waals surface area contributed by atoms with Gasteiger partial charge >= 0.3 is 17.2 Å². The summed E-state index contributed by atoms with van der Waals surface area (Å²) in [7, 11) is 0. The molecule has 0 atom stereocenters. The van der Waals surface area contributed by atoms with Gasteiger partial charge in [-0.1, -0.05) is 33.4 Å². The van der Waals surface area contributed by atoms with Crippen molar-refractivity contribution in [3.8, 4) is 0 Å². The Morgan fingerprint density at radius 3 is 1.68 bits per heavy atom. The second kappa shape index (κ2) is 6.63. The molecule has 9 heteroatoms. The van der Waals surface area contributed by atoms with Crippen LogP contribution in [0.2, 0.25) is 0 Å². The van der Waals surface area contributed by atoms with E-state index in [2.05, 4.69) is 19.2 Å². The van der Waals surface area contributed by atoms with Crippen molar-refractivity contribution in [2.24, 2.45) is 0 Å². The third-order valence-electron chi connectivity index (χ3n) is 2.33. The molecule has 2 rings (SSSR count). The van der Waals surface area contributed by atoms with E-state index in [0.29, 0.717) is 5.82 Å². The Balaban J connectivity index is 0.000000385. The molecular formula is C13H24N4O5. The lowest BCUT2D eigenvalue weighted by atomic mass is 9.96. The number of H-pyrrole nitrogens is 2. The van der Waals surface area contributed by atoms with Gasteiger partial charge in [-0.3, -0.25) is 9.51 Å². The largest absolute Gasteiger partial charge is 0.440 e. The predicted molar refractivity (Wildman–Crippen MR) is 81.1 cm³/mol. The fourth-order valence-electron chi connectivity index (χ4n) is 1.28. The van der Waals surface area contributed by atoms with E-state index in [0.717, 1.165) is 4.74 Å². The minimum Gasteiger partial charge on any atom is -0.316 e. The van der Waals surface area contributed by atoms with Crippen LogP contribution >= 0.6 is 0 Å². The van der Waals surface area contributed by atoms with Gasteiger partial charge in [0.15, 0.2) is 5.82 Å². The van der Waals surface area contributed by atoms with E-state index >= 15 is 0 Å². The van der Waals surface area contributed by atoms with Crippen molar-refractivity contribution >= 4 is 0 Å². The lowest BCUT2D eigenvalue weighted by Gasteiger charge is -2.14. The summed E-state index contributed by atoms with van der Waals surface area (Å²) in [6, 6.07) is 0. The third kappa shape index (κ3) is 5.23. The molecule has 0 fully saturated rings. The molecule has 0 bridgehead atoms. The molecule has 0 saturated carbocycles. The predicted octanol–water partition coefficient (Wildman–Crippen LogP) is 1.18. The standard InChI is InChI=1S/C6H10N2O3.C6H10N2O2.CH4/c1-6(2,3)8-4(9)7-5(10)11-8;1-6(2,3)4-7-5(9)10-8-4;/h1-3H3,(H,7,9,10);1-3H3,(H,7,8,9);1H4. The first kappa shape index (κ1) is 19.7. The second-order valence-electron chi connectivity index (χ2n) is 6.47. The van der Waals surface area contributed by atoms with Crippen LogP contribution in [0.25, 0.3) is 0 Å². The summed E-state index contributed by atoms with van der Waals surface area (Å²) in [6.45, 7) is 11.1. The molecule has 2 N–H and O–H groups in total. The summed E-state index contributed by atoms with van der Waals surface area (Å²) in [5, 5.41) is 3.54. The lowest BCUT2D eigenvalue weighted by molar-refractivity contribution is 0.147. The topological polar surface area (TPSA) is 127 Å². The molecule has 0 aliphatic heterocycles. The molecule has 0 saturated heterocycles. The van der Waals surface area contributed by atoms with Crippen molar-refractivity contribution in [2.45, 2.75) is 59.9 Å². The lowest BCUT2D eigenvalue weighted by Crippen LogP contribution is -2.31. The molecule has 0 unspecified atom stereocenters. The van der Waals surface area contributed by atoms with Crippen LogP contribution < -0.4 is 17.2 Å². The van der Waals surface area contributed by atoms with E-state index < -0.39 is 22.7 Å². The first-order valence-electron chi connectivity index (χ1n) is 6.31. The molecule has 9 nitrogen and oxygen atoms in total. The minimum absolute atomic E-state index is 0. The molecule has 22 heavy (non-hydrogen) atoms. The maximum Gasteiger partial charge on any atom is 0.440 e. The number of hydrogen-bond acceptors (Lipinski definition) is 6. The highest BCUT2D eigenvalue weighted by molar-refractivity contribution is 4.96. The maximum atomic E-state index is 10.9. The van der Waals surface area contributed by atoms with Crippen LogP contribution in [0.5, 0.6) is 0 Å². The molecule has 0 aliphatic rings. The molecule has 2 aromatic heterocycles. The van der Waals surface area contributed by atoms with E-state index in [1.54, 1.807) is 20.8 Å². The van der Waals surface area contributed by atoms with E-state index in [4.69, 9.17) is 0 Å². The van der Waals surface area contributed by atoms with E-state index in [1.165, 1.54) is 0 Å². The second-order valence-corrected chi connectivity index (χ2v) is 6.47. The van der Waals surface area contributed by atoms with E-state index in [-0.39, 0.29) is 12.8 Å². The SMILES string of the molecule is C.CC(C)(C)c1noc(=O)[nH]1.CC(C)(C)n1oc(=O)[nH]c1=O. The van der Waals surface area contributed by atoms with Crippen LogP contribution in [0, 0.1) is 0 Å². The molecule has 2 aromatic rings. The molecule has 0 aliphatic carbocycles. The number of aromatic amines is 2. The van der Waals surface area contributed by atoms with Crippen molar-refractivity contribution in [3.63, 3.8) is 0 Å². The van der Waals surface area contributed by atoms with E-state index in [9.17, 15) is 14.4 Å². The molecule has 0 radical (unpaired) electrons. The Labute approximate surface area is 127 Å². The average molecular weight is 316 g/mol. The smallest absolute Gasteiger partial charge is 0.316 e. The summed E-state index contributed by atoms with van der Waals surface area (Å²) in [5.41, 5.74) is -1.15. The Morgan fingerprint density at radius 2 is 1.50 bits per heavy atom. The monoisotopic (exact) mass is 316 g/mol. The van der Waals surface area contributed by atoms with Gasteiger partial charge in [0.1, 0.15) is 0 Å². The zero-order chi connectivity index (χ0) is 16.4. The van der Waals surface area contributed by atoms with Gasteiger partial charge in [-0.15, -0.1) is 4.74 Å². The minimum atomic E-state index is -0.718. The van der Waals surface area contributed by atoms with Crippen LogP contribution in [0.4, 0.5) is 0 Å². The molecule has 0 amide bonds. The van der Waals surface area contributed by atoms with Gasteiger partial charge in [0, 0.05) is 5.41 Å². The Bertz CT molecular complexity index is 745. The highest BCUT2D eigenvalue weighted by atomic mass is 16.5. The number of nitrogens with zero attached hydrogens (tertiary/aromatic N) is 2. The van der Waals surface area contributed by atoms with Gasteiger partial charge < -0.3 is 4.52 Å². The van der Waals surface area contributed by atoms with Crippen LogP contribution in [0.1, 0.15) is 54.8 Å². The normalized spacial score (nSPS) is 11.4. The van der Waals surface area contributed by atoms with Crippen molar-refractivity contribution in [1.82, 2.24) is 19.9 Å². The number of nitrogens with one attached hydrogen (secondary N) is 2. The summed E-state index contributed by atoms with van der Waals surface area (Å²) in [6.07, 6.45) is 0. The van der Waals surface area contributed by atoms with E-state index in [1.807, 2.05) is 25.8 Å². The molecule has 0 spiro atoms. The summed E-state index contributed by atoms with van der Waals surface area (Å²) < 4.78 is 9.91. The fourth-order valence-corrected chi connectivity index (χ4v) is 1.28. The van der Waals surface area contributed by atoms with Crippen molar-refractivity contribution < 1.29 is 9.05 Å². The summed E-state index contributed by atoms with van der Waals surface area (Å²) in [4.78, 5) is 36.3. The zero-order valence-corrected chi connectivity index (χ0v) is 12.9. The highest BCUT2D eigenvalue weighted by Crippen LogP contribution is 2.15. The van der Waals surface area contributed by atoms with Crippen LogP contribution in [0.15, 0.2) is 23.4 Å². The number of hydrogen-bond donors (Lipinski definition) is 2. The Kier molecular flexibility index (Phi) is 5.93. The fraction of sp³-hybridized carbons (Fsp3) is 0.692. The molecule has 2 heterocycles. The molecular weight excluding hydrogens is 292 g/mol. The van der Waals surface area contributed by atoms with Gasteiger partial charge in [0.25, 0.3) is 0 Å². The van der Waals surface area contributed by atoms with Gasteiger partial charge in [-0.05, 0) is 20.8 Å². The Morgan fingerprint density at radius 1 is 0.955 bits per heavy atom.